The first-order valence-corrected chi connectivity index (χ1v) is 5.41. The minimum Gasteiger partial charge on any atom is -0.382 e. The Morgan fingerprint density at radius 1 is 1.07 bits per heavy atom. The van der Waals surface area contributed by atoms with E-state index < -0.39 is 12.6 Å². The number of alkyl halides is 3. The third-order valence-corrected chi connectivity index (χ3v) is 1.91. The van der Waals surface area contributed by atoms with Crippen molar-refractivity contribution in [1.29, 1.82) is 0 Å². The van der Waals surface area contributed by atoms with E-state index in [1.54, 1.807) is 0 Å². The lowest BCUT2D eigenvalue weighted by Gasteiger charge is -2.06. The van der Waals surface area contributed by atoms with Crippen molar-refractivity contribution in [3.63, 3.8) is 0 Å². The second-order valence-electron chi connectivity index (χ2n) is 3.37. The molecule has 0 unspecified atom stereocenters. The van der Waals surface area contributed by atoms with Crippen molar-refractivity contribution in [2.24, 2.45) is 0 Å². The summed E-state index contributed by atoms with van der Waals surface area (Å²) in [6.07, 6.45) is -2.98. The van der Waals surface area contributed by atoms with Crippen molar-refractivity contribution in [2.45, 2.75) is 38.8 Å². The van der Waals surface area contributed by atoms with E-state index in [4.69, 9.17) is 4.74 Å². The quantitative estimate of drug-likeness (QED) is 0.611. The Morgan fingerprint density at radius 3 is 2.33 bits per heavy atom. The van der Waals surface area contributed by atoms with Crippen LogP contribution in [0.4, 0.5) is 13.2 Å². The van der Waals surface area contributed by atoms with Crippen LogP contribution in [-0.2, 0) is 4.74 Å². The Balaban J connectivity index is 2.99. The molecule has 0 aromatic rings. The zero-order chi connectivity index (χ0) is 11.6. The van der Waals surface area contributed by atoms with E-state index >= 15 is 0 Å². The van der Waals surface area contributed by atoms with Gasteiger partial charge >= 0.3 is 6.18 Å². The highest BCUT2D eigenvalue weighted by Gasteiger charge is 2.25. The number of nitrogens with one attached hydrogen (secondary N) is 1. The largest absolute Gasteiger partial charge is 0.389 e. The maximum Gasteiger partial charge on any atom is 0.389 e. The van der Waals surface area contributed by atoms with Crippen LogP contribution in [-0.4, -0.2) is 32.5 Å². The van der Waals surface area contributed by atoms with Gasteiger partial charge in [-0.15, -0.1) is 0 Å². The molecule has 0 aliphatic rings. The lowest BCUT2D eigenvalue weighted by molar-refractivity contribution is -0.135. The molecule has 2 nitrogen and oxygen atoms in total. The number of hydrogen-bond acceptors (Lipinski definition) is 2. The predicted molar refractivity (Wildman–Crippen MR) is 53.9 cm³/mol. The summed E-state index contributed by atoms with van der Waals surface area (Å²) in [5, 5.41) is 3.08. The zero-order valence-electron chi connectivity index (χ0n) is 9.20. The van der Waals surface area contributed by atoms with Gasteiger partial charge in [0.25, 0.3) is 0 Å². The van der Waals surface area contributed by atoms with Gasteiger partial charge in [-0.2, -0.15) is 13.2 Å². The molecule has 0 amide bonds. The average Bonchev–Trinajstić information content (AvgIpc) is 2.14. The Kier molecular flexibility index (Phi) is 8.80. The molecular formula is C10H20F3NO. The smallest absolute Gasteiger partial charge is 0.382 e. The molecular weight excluding hydrogens is 207 g/mol. The molecule has 0 radical (unpaired) electrons. The molecule has 0 aliphatic heterocycles. The summed E-state index contributed by atoms with van der Waals surface area (Å²) >= 11 is 0. The molecule has 0 aliphatic carbocycles. The van der Waals surface area contributed by atoms with Gasteiger partial charge in [0.05, 0.1) is 0 Å². The Labute approximate surface area is 89.2 Å². The SMILES string of the molecule is CCOCCCNCCCCC(F)(F)F. The Hall–Kier alpha value is -0.290. The van der Waals surface area contributed by atoms with Crippen LogP contribution >= 0.6 is 0 Å². The van der Waals surface area contributed by atoms with Gasteiger partial charge in [-0.1, -0.05) is 0 Å². The van der Waals surface area contributed by atoms with Gasteiger partial charge in [-0.3, -0.25) is 0 Å². The number of rotatable bonds is 9. The highest BCUT2D eigenvalue weighted by molar-refractivity contribution is 4.53. The number of hydrogen-bond donors (Lipinski definition) is 1. The second kappa shape index (κ2) is 8.97. The number of halogens is 3. The molecule has 0 aromatic heterocycles. The van der Waals surface area contributed by atoms with Crippen LogP contribution in [0.1, 0.15) is 32.6 Å². The molecule has 5 heteroatoms. The van der Waals surface area contributed by atoms with Crippen LogP contribution in [0.5, 0.6) is 0 Å². The summed E-state index contributed by atoms with van der Waals surface area (Å²) in [7, 11) is 0. The standard InChI is InChI=1S/C10H20F3NO/c1-2-15-9-5-8-14-7-4-3-6-10(11,12)13/h14H,2-9H2,1H3. The first-order valence-electron chi connectivity index (χ1n) is 5.41. The summed E-state index contributed by atoms with van der Waals surface area (Å²) in [5.74, 6) is 0. The molecule has 0 fully saturated rings. The minimum atomic E-state index is -4.00. The van der Waals surface area contributed by atoms with Crippen molar-refractivity contribution < 1.29 is 17.9 Å². The van der Waals surface area contributed by atoms with E-state index in [1.165, 1.54) is 0 Å². The first kappa shape index (κ1) is 14.7. The van der Waals surface area contributed by atoms with Crippen molar-refractivity contribution >= 4 is 0 Å². The van der Waals surface area contributed by atoms with Crippen molar-refractivity contribution in [1.82, 2.24) is 5.32 Å². The second-order valence-corrected chi connectivity index (χ2v) is 3.37. The lowest BCUT2D eigenvalue weighted by atomic mass is 10.2. The maximum atomic E-state index is 11.7. The van der Waals surface area contributed by atoms with E-state index in [-0.39, 0.29) is 6.42 Å². The van der Waals surface area contributed by atoms with E-state index in [1.807, 2.05) is 6.92 Å². The predicted octanol–water partition coefficient (Wildman–Crippen LogP) is 2.74. The van der Waals surface area contributed by atoms with Crippen LogP contribution in [0.25, 0.3) is 0 Å². The molecule has 0 rings (SSSR count). The molecule has 0 aromatic carbocycles. The van der Waals surface area contributed by atoms with Gasteiger partial charge in [0, 0.05) is 19.6 Å². The Morgan fingerprint density at radius 2 is 1.73 bits per heavy atom. The van der Waals surface area contributed by atoms with Crippen LogP contribution in [0.15, 0.2) is 0 Å². The van der Waals surface area contributed by atoms with Gasteiger partial charge < -0.3 is 10.1 Å². The van der Waals surface area contributed by atoms with E-state index in [0.717, 1.165) is 13.0 Å². The summed E-state index contributed by atoms with van der Waals surface area (Å²) in [4.78, 5) is 0. The van der Waals surface area contributed by atoms with E-state index in [9.17, 15) is 13.2 Å². The number of unbranched alkanes of at least 4 members (excludes halogenated alkanes) is 1. The molecule has 1 N–H and O–H groups in total. The summed E-state index contributed by atoms with van der Waals surface area (Å²) < 4.78 is 40.3. The first-order chi connectivity index (χ1) is 7.06. The van der Waals surface area contributed by atoms with Crippen LogP contribution in [0.2, 0.25) is 0 Å². The van der Waals surface area contributed by atoms with Crippen LogP contribution < -0.4 is 5.32 Å². The van der Waals surface area contributed by atoms with Gasteiger partial charge in [0.2, 0.25) is 0 Å². The zero-order valence-corrected chi connectivity index (χ0v) is 9.20. The summed E-state index contributed by atoms with van der Waals surface area (Å²) in [5.41, 5.74) is 0. The van der Waals surface area contributed by atoms with E-state index in [2.05, 4.69) is 5.32 Å². The third-order valence-electron chi connectivity index (χ3n) is 1.91. The van der Waals surface area contributed by atoms with Crippen LogP contribution in [0.3, 0.4) is 0 Å². The topological polar surface area (TPSA) is 21.3 Å². The summed E-state index contributed by atoms with van der Waals surface area (Å²) in [6, 6.07) is 0. The lowest BCUT2D eigenvalue weighted by Crippen LogP contribution is -2.18. The summed E-state index contributed by atoms with van der Waals surface area (Å²) in [6.45, 7) is 4.83. The van der Waals surface area contributed by atoms with Crippen molar-refractivity contribution in [2.75, 3.05) is 26.3 Å². The minimum absolute atomic E-state index is 0.210. The highest BCUT2D eigenvalue weighted by Crippen LogP contribution is 2.21. The molecule has 0 saturated heterocycles. The fraction of sp³-hybridized carbons (Fsp3) is 1.00. The fourth-order valence-corrected chi connectivity index (χ4v) is 1.14. The molecule has 0 saturated carbocycles. The van der Waals surface area contributed by atoms with Crippen molar-refractivity contribution in [3.05, 3.63) is 0 Å². The van der Waals surface area contributed by atoms with Crippen LogP contribution in [0, 0.1) is 0 Å². The molecule has 92 valence electrons. The third kappa shape index (κ3) is 13.7. The normalized spacial score (nSPS) is 12.0. The van der Waals surface area contributed by atoms with Gasteiger partial charge in [-0.05, 0) is 39.3 Å². The molecule has 0 bridgehead atoms. The highest BCUT2D eigenvalue weighted by atomic mass is 19.4. The van der Waals surface area contributed by atoms with Gasteiger partial charge in [0.15, 0.2) is 0 Å². The monoisotopic (exact) mass is 227 g/mol. The molecule has 0 heterocycles. The van der Waals surface area contributed by atoms with Gasteiger partial charge in [0.1, 0.15) is 0 Å². The maximum absolute atomic E-state index is 11.7. The van der Waals surface area contributed by atoms with Crippen molar-refractivity contribution in [3.8, 4) is 0 Å². The molecule has 0 atom stereocenters. The number of ether oxygens (including phenoxy) is 1. The van der Waals surface area contributed by atoms with Gasteiger partial charge in [-0.25, -0.2) is 0 Å². The fourth-order valence-electron chi connectivity index (χ4n) is 1.14. The van der Waals surface area contributed by atoms with E-state index in [0.29, 0.717) is 26.2 Å². The molecule has 15 heavy (non-hydrogen) atoms. The molecule has 0 spiro atoms. The Bertz CT molecular complexity index is 139. The average molecular weight is 227 g/mol.